The lowest BCUT2D eigenvalue weighted by Gasteiger charge is -2.04. The summed E-state index contributed by atoms with van der Waals surface area (Å²) in [5.74, 6) is -0.846. The van der Waals surface area contributed by atoms with E-state index in [1.54, 1.807) is 13.0 Å². The number of nitro groups is 1. The molecule has 1 aromatic rings. The minimum absolute atomic E-state index is 0.168. The molecule has 0 saturated carbocycles. The van der Waals surface area contributed by atoms with Gasteiger partial charge in [-0.2, -0.15) is 0 Å². The molecular weight excluding hydrogens is 280 g/mol. The standard InChI is InChI=1S/C9H9BrN2O4/c1-2-16-8(13)5-6-7(10)3-4-11-9(6)12(14)15/h3-4H,2,5H2,1H3. The van der Waals surface area contributed by atoms with Crippen molar-refractivity contribution in [2.75, 3.05) is 6.61 Å². The maximum absolute atomic E-state index is 11.2. The molecule has 6 nitrogen and oxygen atoms in total. The molecule has 0 aliphatic heterocycles. The molecule has 1 rings (SSSR count). The van der Waals surface area contributed by atoms with Crippen LogP contribution in [0.5, 0.6) is 0 Å². The minimum Gasteiger partial charge on any atom is -0.466 e. The summed E-state index contributed by atoms with van der Waals surface area (Å²) in [4.78, 5) is 24.9. The molecule has 1 aromatic heterocycles. The van der Waals surface area contributed by atoms with Gasteiger partial charge in [-0.1, -0.05) is 15.9 Å². The Kier molecular flexibility index (Phi) is 4.36. The lowest BCUT2D eigenvalue weighted by atomic mass is 10.2. The molecular formula is C9H9BrN2O4. The number of nitrogens with zero attached hydrogens (tertiary/aromatic N) is 2. The Labute approximate surface area is 99.9 Å². The molecule has 0 spiro atoms. The lowest BCUT2D eigenvalue weighted by molar-refractivity contribution is -0.390. The number of hydrogen-bond acceptors (Lipinski definition) is 5. The number of esters is 1. The van der Waals surface area contributed by atoms with Crippen LogP contribution in [-0.4, -0.2) is 22.5 Å². The third kappa shape index (κ3) is 2.99. The molecule has 0 amide bonds. The van der Waals surface area contributed by atoms with Crippen LogP contribution >= 0.6 is 15.9 Å². The maximum atomic E-state index is 11.2. The molecule has 16 heavy (non-hydrogen) atoms. The van der Waals surface area contributed by atoms with Gasteiger partial charge in [-0.05, 0) is 22.9 Å². The number of hydrogen-bond donors (Lipinski definition) is 0. The van der Waals surface area contributed by atoms with Crippen molar-refractivity contribution in [1.29, 1.82) is 0 Å². The van der Waals surface area contributed by atoms with Crippen molar-refractivity contribution in [2.24, 2.45) is 0 Å². The first-order chi connectivity index (χ1) is 7.56. The fraction of sp³-hybridized carbons (Fsp3) is 0.333. The minimum atomic E-state index is -0.626. The summed E-state index contributed by atoms with van der Waals surface area (Å²) in [6, 6.07) is 1.54. The van der Waals surface area contributed by atoms with E-state index in [2.05, 4.69) is 20.9 Å². The van der Waals surface area contributed by atoms with E-state index in [1.165, 1.54) is 6.20 Å². The van der Waals surface area contributed by atoms with Crippen LogP contribution in [0.2, 0.25) is 0 Å². The molecule has 0 saturated heterocycles. The predicted octanol–water partition coefficient (Wildman–Crippen LogP) is 1.86. The number of aromatic nitrogens is 1. The highest BCUT2D eigenvalue weighted by atomic mass is 79.9. The van der Waals surface area contributed by atoms with Gasteiger partial charge in [0, 0.05) is 4.47 Å². The van der Waals surface area contributed by atoms with E-state index in [9.17, 15) is 14.9 Å². The summed E-state index contributed by atoms with van der Waals surface area (Å²) in [6.45, 7) is 1.91. The Bertz CT molecular complexity index is 422. The highest BCUT2D eigenvalue weighted by Crippen LogP contribution is 2.24. The number of carbonyl (C=O) groups excluding carboxylic acids is 1. The Balaban J connectivity index is 3.01. The predicted molar refractivity (Wildman–Crippen MR) is 58.9 cm³/mol. The summed E-state index contributed by atoms with van der Waals surface area (Å²) in [5, 5.41) is 10.7. The van der Waals surface area contributed by atoms with Gasteiger partial charge in [0.1, 0.15) is 6.20 Å². The number of ether oxygens (including phenoxy) is 1. The van der Waals surface area contributed by atoms with E-state index in [-0.39, 0.29) is 24.4 Å². The highest BCUT2D eigenvalue weighted by molar-refractivity contribution is 9.10. The van der Waals surface area contributed by atoms with Gasteiger partial charge < -0.3 is 14.9 Å². The summed E-state index contributed by atoms with van der Waals surface area (Å²) < 4.78 is 5.20. The summed E-state index contributed by atoms with van der Waals surface area (Å²) in [7, 11) is 0. The van der Waals surface area contributed by atoms with E-state index in [0.717, 1.165) is 0 Å². The van der Waals surface area contributed by atoms with Gasteiger partial charge in [-0.3, -0.25) is 4.79 Å². The van der Waals surface area contributed by atoms with Crippen molar-refractivity contribution < 1.29 is 14.5 Å². The molecule has 0 fully saturated rings. The molecule has 0 N–H and O–H groups in total. The van der Waals surface area contributed by atoms with Crippen molar-refractivity contribution in [3.63, 3.8) is 0 Å². The smallest absolute Gasteiger partial charge is 0.368 e. The quantitative estimate of drug-likeness (QED) is 0.480. The molecule has 0 aliphatic rings. The van der Waals surface area contributed by atoms with Gasteiger partial charge in [0.2, 0.25) is 0 Å². The fourth-order valence-corrected chi connectivity index (χ4v) is 1.57. The summed E-state index contributed by atoms with van der Waals surface area (Å²) in [6.07, 6.45) is 1.13. The van der Waals surface area contributed by atoms with Crippen LogP contribution in [0.15, 0.2) is 16.7 Å². The molecule has 7 heteroatoms. The van der Waals surface area contributed by atoms with Gasteiger partial charge in [0.05, 0.1) is 18.6 Å². The van der Waals surface area contributed by atoms with Crippen LogP contribution in [0.25, 0.3) is 0 Å². The number of rotatable bonds is 4. The highest BCUT2D eigenvalue weighted by Gasteiger charge is 2.21. The SMILES string of the molecule is CCOC(=O)Cc1c(Br)ccnc1[N+](=O)[O-]. The Hall–Kier alpha value is -1.50. The van der Waals surface area contributed by atoms with Crippen LogP contribution in [0.4, 0.5) is 5.82 Å². The topological polar surface area (TPSA) is 82.3 Å². The van der Waals surface area contributed by atoms with E-state index in [1.807, 2.05) is 0 Å². The zero-order valence-electron chi connectivity index (χ0n) is 8.47. The van der Waals surface area contributed by atoms with Gasteiger partial charge in [-0.15, -0.1) is 0 Å². The van der Waals surface area contributed by atoms with E-state index in [0.29, 0.717) is 4.47 Å². The largest absolute Gasteiger partial charge is 0.466 e. The zero-order chi connectivity index (χ0) is 12.1. The molecule has 0 radical (unpaired) electrons. The van der Waals surface area contributed by atoms with Crippen LogP contribution in [0.1, 0.15) is 12.5 Å². The van der Waals surface area contributed by atoms with Gasteiger partial charge in [-0.25, -0.2) is 0 Å². The number of pyridine rings is 1. The van der Waals surface area contributed by atoms with Crippen molar-refractivity contribution in [3.8, 4) is 0 Å². The lowest BCUT2D eigenvalue weighted by Crippen LogP contribution is -2.10. The second-order valence-electron chi connectivity index (χ2n) is 2.83. The monoisotopic (exact) mass is 288 g/mol. The third-order valence-electron chi connectivity index (χ3n) is 1.78. The Morgan fingerprint density at radius 2 is 2.38 bits per heavy atom. The first kappa shape index (κ1) is 12.6. The van der Waals surface area contributed by atoms with Crippen LogP contribution in [-0.2, 0) is 16.0 Å². The van der Waals surface area contributed by atoms with E-state index < -0.39 is 10.9 Å². The number of carbonyl (C=O) groups is 1. The van der Waals surface area contributed by atoms with Crippen LogP contribution in [0.3, 0.4) is 0 Å². The third-order valence-corrected chi connectivity index (χ3v) is 2.52. The zero-order valence-corrected chi connectivity index (χ0v) is 10.1. The summed E-state index contributed by atoms with van der Waals surface area (Å²) in [5.41, 5.74) is 0.228. The van der Waals surface area contributed by atoms with Crippen LogP contribution in [0, 0.1) is 10.1 Å². The van der Waals surface area contributed by atoms with Crippen molar-refractivity contribution in [1.82, 2.24) is 4.98 Å². The average molecular weight is 289 g/mol. The molecule has 0 atom stereocenters. The Morgan fingerprint density at radius 1 is 1.69 bits per heavy atom. The van der Waals surface area contributed by atoms with E-state index >= 15 is 0 Å². The van der Waals surface area contributed by atoms with Crippen molar-refractivity contribution in [2.45, 2.75) is 13.3 Å². The molecule has 0 bridgehead atoms. The van der Waals surface area contributed by atoms with E-state index in [4.69, 9.17) is 4.74 Å². The van der Waals surface area contributed by atoms with Crippen molar-refractivity contribution >= 4 is 27.7 Å². The molecule has 86 valence electrons. The Morgan fingerprint density at radius 3 is 2.94 bits per heavy atom. The second kappa shape index (κ2) is 5.55. The normalized spacial score (nSPS) is 9.88. The average Bonchev–Trinajstić information content (AvgIpc) is 2.21. The first-order valence-electron chi connectivity index (χ1n) is 4.49. The first-order valence-corrected chi connectivity index (χ1v) is 5.29. The molecule has 0 aromatic carbocycles. The van der Waals surface area contributed by atoms with Crippen LogP contribution < -0.4 is 0 Å². The van der Waals surface area contributed by atoms with Gasteiger partial charge in [0.25, 0.3) is 0 Å². The van der Waals surface area contributed by atoms with Gasteiger partial charge >= 0.3 is 11.8 Å². The number of halogens is 1. The van der Waals surface area contributed by atoms with Crippen molar-refractivity contribution in [3.05, 3.63) is 32.4 Å². The second-order valence-corrected chi connectivity index (χ2v) is 3.69. The molecule has 0 aliphatic carbocycles. The molecule has 0 unspecified atom stereocenters. The summed E-state index contributed by atoms with van der Waals surface area (Å²) >= 11 is 3.14. The van der Waals surface area contributed by atoms with Gasteiger partial charge in [0.15, 0.2) is 0 Å². The fourth-order valence-electron chi connectivity index (χ4n) is 1.14. The molecule has 1 heterocycles. The maximum Gasteiger partial charge on any atom is 0.368 e.